The van der Waals surface area contributed by atoms with Gasteiger partial charge in [-0.1, -0.05) is 7.43 Å². The number of aliphatic hydroxyl groups is 3. The fourth-order valence-electron chi connectivity index (χ4n) is 5.21. The van der Waals surface area contributed by atoms with E-state index in [4.69, 9.17) is 41.1 Å². The van der Waals surface area contributed by atoms with Crippen LogP contribution in [-0.4, -0.2) is 101 Å². The minimum Gasteiger partial charge on any atom is -0.506 e. The van der Waals surface area contributed by atoms with Crippen molar-refractivity contribution in [3.63, 3.8) is 0 Å². The summed E-state index contributed by atoms with van der Waals surface area (Å²) in [5.74, 6) is -0.194. The Hall–Kier alpha value is -5.81. The van der Waals surface area contributed by atoms with Crippen LogP contribution in [0.3, 0.4) is 0 Å². The van der Waals surface area contributed by atoms with E-state index >= 15 is 0 Å². The van der Waals surface area contributed by atoms with E-state index < -0.39 is 15.2 Å². The summed E-state index contributed by atoms with van der Waals surface area (Å²) in [6, 6.07) is 0. The number of carbonyl (C=O) groups excluding carboxylic acids is 2. The lowest BCUT2D eigenvalue weighted by molar-refractivity contribution is 0.111. The van der Waals surface area contributed by atoms with Crippen molar-refractivity contribution in [1.82, 2.24) is 24.9 Å². The number of rotatable bonds is 13. The van der Waals surface area contributed by atoms with Gasteiger partial charge in [-0.15, -0.1) is 0 Å². The van der Waals surface area contributed by atoms with Gasteiger partial charge in [-0.2, -0.15) is 0 Å². The molecule has 5 rings (SSSR count). The molecule has 0 radical (unpaired) electrons. The summed E-state index contributed by atoms with van der Waals surface area (Å²) < 4.78 is 31.3. The third kappa shape index (κ3) is 19.1. The summed E-state index contributed by atoms with van der Waals surface area (Å²) in [4.78, 5) is 58.4. The van der Waals surface area contributed by atoms with Gasteiger partial charge >= 0.3 is 15.2 Å². The molecule has 0 aliphatic heterocycles. The molecule has 0 saturated heterocycles. The first-order chi connectivity index (χ1) is 31.3. The summed E-state index contributed by atoms with van der Waals surface area (Å²) in [5.41, 5.74) is 17.4. The number of carbonyl (C=O) groups is 2. The zero-order valence-electron chi connectivity index (χ0n) is 38.2. The quantitative estimate of drug-likeness (QED) is 0.0583. The van der Waals surface area contributed by atoms with Crippen LogP contribution in [0.2, 0.25) is 0 Å². The number of pyridine rings is 5. The molecular formula is C43H63N7O16P2. The first-order valence-electron chi connectivity index (χ1n) is 19.6. The molecule has 0 aromatic carbocycles. The molecule has 2 atom stereocenters. The number of aryl methyl sites for hydroxylation is 6. The summed E-state index contributed by atoms with van der Waals surface area (Å²) in [5, 5.41) is 73.8. The SMILES string of the molecule is C.Cc1cnc(C)c(O)c1C=O.Cc1ncc(CO)c(CN)c1O.Cc1ncc(CO)c(CO)c1O.Cc1ncc(COP(C)(=O)O)c(C=O)c1O.Cc1ncc(COP(C)(=O)O)c(CN)c1O. The standard InChI is InChI=1S/C9H15N2O4P.C9H12NO5P.C8H12N2O2.C8H11NO3.C8H9NO2.CH4/c1-6-9(12)8(3-10)7(4-11-6)5-15-16(2,13)14;1-6-9(12)8(4-11)7(3-10-6)5-15-16(2,13)14;1-5-8(12)7(2-9)6(4-11)3-10-5;1-5-8(12)7(4-11)6(3-10)2-9-5;1-5-3-9-6(2)8(11)7(5)4-10;/h4,12H,3,5,10H2,1-2H3,(H,13,14);3-4,12H,5H2,1-2H3,(H,13,14);3,11-12H,2,4,9H2,1H3;2,10-12H,3-4H2,1H3;3-4,11H,1-2H3;1H4. The molecule has 0 bridgehead atoms. The van der Waals surface area contributed by atoms with Crippen molar-refractivity contribution in [2.24, 2.45) is 11.5 Å². The molecule has 14 N–H and O–H groups in total. The molecule has 376 valence electrons. The molecular weight excluding hydrogens is 932 g/mol. The minimum absolute atomic E-state index is 0. The van der Waals surface area contributed by atoms with Gasteiger partial charge in [-0.3, -0.25) is 43.6 Å². The van der Waals surface area contributed by atoms with E-state index in [-0.39, 0.29) is 93.4 Å². The lowest BCUT2D eigenvalue weighted by atomic mass is 10.1. The zero-order valence-corrected chi connectivity index (χ0v) is 40.0. The van der Waals surface area contributed by atoms with Gasteiger partial charge in [0.2, 0.25) is 0 Å². The van der Waals surface area contributed by atoms with Crippen LogP contribution in [0.5, 0.6) is 28.7 Å². The van der Waals surface area contributed by atoms with Gasteiger partial charge < -0.3 is 71.2 Å². The number of hydrogen-bond donors (Lipinski definition) is 12. The number of nitrogens with two attached hydrogens (primary N) is 2. The van der Waals surface area contributed by atoms with Gasteiger partial charge in [0.05, 0.1) is 72.6 Å². The highest BCUT2D eigenvalue weighted by molar-refractivity contribution is 7.52. The van der Waals surface area contributed by atoms with Crippen LogP contribution in [0.1, 0.15) is 101 Å². The van der Waals surface area contributed by atoms with E-state index in [1.807, 2.05) is 0 Å². The number of aromatic hydroxyl groups is 5. The van der Waals surface area contributed by atoms with Gasteiger partial charge in [0.25, 0.3) is 0 Å². The topological polar surface area (TPSA) is 406 Å². The smallest absolute Gasteiger partial charge is 0.325 e. The highest BCUT2D eigenvalue weighted by Crippen LogP contribution is 2.39. The average Bonchev–Trinajstić information content (AvgIpc) is 3.28. The van der Waals surface area contributed by atoms with E-state index in [0.29, 0.717) is 85.5 Å². The molecule has 5 heterocycles. The van der Waals surface area contributed by atoms with Crippen LogP contribution < -0.4 is 11.5 Å². The third-order valence-electron chi connectivity index (χ3n) is 9.18. The van der Waals surface area contributed by atoms with Gasteiger partial charge in [0, 0.05) is 96.3 Å². The van der Waals surface area contributed by atoms with Crippen molar-refractivity contribution < 1.29 is 78.4 Å². The molecule has 0 fully saturated rings. The second-order valence-electron chi connectivity index (χ2n) is 14.3. The fourth-order valence-corrected chi connectivity index (χ4v) is 5.97. The first kappa shape index (κ1) is 62.2. The van der Waals surface area contributed by atoms with Crippen molar-refractivity contribution in [3.8, 4) is 28.7 Å². The van der Waals surface area contributed by atoms with Crippen molar-refractivity contribution in [2.45, 2.75) is 95.1 Å². The number of aliphatic hydroxyl groups excluding tert-OH is 3. The maximum absolute atomic E-state index is 11.0. The van der Waals surface area contributed by atoms with E-state index in [0.717, 1.165) is 13.3 Å². The van der Waals surface area contributed by atoms with Crippen molar-refractivity contribution in [2.75, 3.05) is 13.3 Å². The zero-order chi connectivity index (χ0) is 51.4. The van der Waals surface area contributed by atoms with Gasteiger partial charge in [-0.05, 0) is 47.1 Å². The molecule has 0 saturated carbocycles. The van der Waals surface area contributed by atoms with Crippen molar-refractivity contribution in [1.29, 1.82) is 0 Å². The molecule has 23 nitrogen and oxygen atoms in total. The fraction of sp³-hybridized carbons (Fsp3) is 0.372. The van der Waals surface area contributed by atoms with Gasteiger partial charge in [0.1, 0.15) is 28.7 Å². The lowest BCUT2D eigenvalue weighted by Gasteiger charge is -2.12. The maximum atomic E-state index is 11.0. The Labute approximate surface area is 393 Å². The minimum atomic E-state index is -3.61. The second-order valence-corrected chi connectivity index (χ2v) is 18.0. The summed E-state index contributed by atoms with van der Waals surface area (Å²) in [6.45, 7) is 11.4. The monoisotopic (exact) mass is 995 g/mol. The lowest BCUT2D eigenvalue weighted by Crippen LogP contribution is -2.05. The molecule has 68 heavy (non-hydrogen) atoms. The molecule has 0 aliphatic carbocycles. The summed E-state index contributed by atoms with van der Waals surface area (Å²) >= 11 is 0. The number of aromatic nitrogens is 5. The maximum Gasteiger partial charge on any atom is 0.325 e. The molecule has 2 unspecified atom stereocenters. The third-order valence-corrected chi connectivity index (χ3v) is 10.4. The van der Waals surface area contributed by atoms with E-state index in [1.165, 1.54) is 24.8 Å². The van der Waals surface area contributed by atoms with Crippen LogP contribution in [-0.2, 0) is 64.3 Å². The van der Waals surface area contributed by atoms with Crippen LogP contribution in [0.15, 0.2) is 31.0 Å². The molecule has 0 spiro atoms. The largest absolute Gasteiger partial charge is 0.506 e. The van der Waals surface area contributed by atoms with E-state index in [9.17, 15) is 44.3 Å². The van der Waals surface area contributed by atoms with Crippen molar-refractivity contribution in [3.05, 3.63) is 115 Å². The van der Waals surface area contributed by atoms with E-state index in [1.54, 1.807) is 47.7 Å². The number of nitrogens with zero attached hydrogens (tertiary/aromatic N) is 5. The van der Waals surface area contributed by atoms with Gasteiger partial charge in [-0.25, -0.2) is 0 Å². The first-order valence-corrected chi connectivity index (χ1v) is 23.7. The van der Waals surface area contributed by atoms with Crippen molar-refractivity contribution >= 4 is 27.8 Å². The van der Waals surface area contributed by atoms with Crippen LogP contribution in [0.4, 0.5) is 0 Å². The molecule has 5 aromatic rings. The Bertz CT molecular complexity index is 2500. The van der Waals surface area contributed by atoms with E-state index in [2.05, 4.69) is 29.4 Å². The Kier molecular flexibility index (Phi) is 26.7. The molecule has 5 aromatic heterocycles. The predicted molar refractivity (Wildman–Crippen MR) is 250 cm³/mol. The normalized spacial score (nSPS) is 12.0. The Morgan fingerprint density at radius 2 is 0.809 bits per heavy atom. The highest BCUT2D eigenvalue weighted by atomic mass is 31.2. The summed E-state index contributed by atoms with van der Waals surface area (Å²) in [6.07, 6.45) is 8.44. The summed E-state index contributed by atoms with van der Waals surface area (Å²) in [7, 11) is -7.15. The molecule has 0 amide bonds. The van der Waals surface area contributed by atoms with Gasteiger partial charge in [0.15, 0.2) is 12.6 Å². The average molecular weight is 996 g/mol. The Balaban J connectivity index is 0.000000829. The van der Waals surface area contributed by atoms with Crippen LogP contribution in [0, 0.1) is 41.5 Å². The Morgan fingerprint density at radius 1 is 0.500 bits per heavy atom. The Morgan fingerprint density at radius 3 is 1.16 bits per heavy atom. The number of hydrogen-bond acceptors (Lipinski definition) is 21. The highest BCUT2D eigenvalue weighted by Gasteiger charge is 2.17. The predicted octanol–water partition coefficient (Wildman–Crippen LogP) is 4.11. The molecule has 0 aliphatic rings. The number of aldehydes is 2. The molecule has 25 heteroatoms. The van der Waals surface area contributed by atoms with Crippen LogP contribution >= 0.6 is 15.2 Å². The second kappa shape index (κ2) is 29.2. The van der Waals surface area contributed by atoms with Crippen LogP contribution in [0.25, 0.3) is 0 Å².